The topological polar surface area (TPSA) is 77.1 Å². The molecule has 2 aromatic heterocycles. The number of nitrogens with one attached hydrogen (secondary N) is 1. The van der Waals surface area contributed by atoms with Gasteiger partial charge in [-0.15, -0.1) is 0 Å². The highest BCUT2D eigenvalue weighted by atomic mass is 16.4. The van der Waals surface area contributed by atoms with Crippen LogP contribution in [-0.4, -0.2) is 15.5 Å². The average Bonchev–Trinajstić information content (AvgIpc) is 3.14. The van der Waals surface area contributed by atoms with Crippen LogP contribution in [0.25, 0.3) is 22.2 Å². The molecule has 0 fully saturated rings. The molecule has 2 heterocycles. The van der Waals surface area contributed by atoms with Crippen LogP contribution in [0.2, 0.25) is 0 Å². The van der Waals surface area contributed by atoms with E-state index >= 15 is 0 Å². The number of carbonyl (C=O) groups excluding carboxylic acids is 1. The van der Waals surface area contributed by atoms with Crippen molar-refractivity contribution in [1.29, 1.82) is 0 Å². The summed E-state index contributed by atoms with van der Waals surface area (Å²) >= 11 is 0. The smallest absolute Gasteiger partial charge is 0.302 e. The number of nitrogens with zero attached hydrogens (tertiary/aromatic N) is 2. The van der Waals surface area contributed by atoms with Gasteiger partial charge in [-0.3, -0.25) is 14.9 Å². The molecule has 0 saturated carbocycles. The first-order valence-electron chi connectivity index (χ1n) is 8.05. The van der Waals surface area contributed by atoms with Crippen LogP contribution in [-0.2, 0) is 7.05 Å². The van der Waals surface area contributed by atoms with E-state index in [9.17, 15) is 9.59 Å². The van der Waals surface area contributed by atoms with Crippen LogP contribution in [0.15, 0.2) is 76.1 Å². The lowest BCUT2D eigenvalue weighted by Gasteiger charge is -2.09. The van der Waals surface area contributed by atoms with Crippen LogP contribution in [0, 0.1) is 0 Å². The molecule has 0 spiro atoms. The quantitative estimate of drug-likeness (QED) is 0.617. The summed E-state index contributed by atoms with van der Waals surface area (Å²) in [5.41, 5.74) is 1.57. The van der Waals surface area contributed by atoms with Crippen LogP contribution in [0.3, 0.4) is 0 Å². The first-order valence-corrected chi connectivity index (χ1v) is 8.05. The second-order valence-corrected chi connectivity index (χ2v) is 5.82. The molecule has 0 unspecified atom stereocenters. The molecule has 2 aromatic carbocycles. The van der Waals surface area contributed by atoms with Crippen molar-refractivity contribution in [1.82, 2.24) is 9.55 Å². The lowest BCUT2D eigenvalue weighted by Crippen LogP contribution is -2.21. The zero-order valence-electron chi connectivity index (χ0n) is 14.0. The lowest BCUT2D eigenvalue weighted by molar-refractivity contribution is 0.102. The number of para-hydroxylation sites is 1. The van der Waals surface area contributed by atoms with Crippen molar-refractivity contribution >= 4 is 22.8 Å². The van der Waals surface area contributed by atoms with Gasteiger partial charge < -0.3 is 8.98 Å². The Bertz CT molecular complexity index is 1160. The Balaban J connectivity index is 1.68. The maximum atomic E-state index is 12.7. The fourth-order valence-electron chi connectivity index (χ4n) is 2.83. The van der Waals surface area contributed by atoms with Crippen molar-refractivity contribution in [2.75, 3.05) is 5.32 Å². The predicted octanol–water partition coefficient (Wildman–Crippen LogP) is 3.45. The van der Waals surface area contributed by atoms with Gasteiger partial charge in [-0.2, -0.15) is 0 Å². The molecule has 0 aliphatic heterocycles. The molecule has 6 nitrogen and oxygen atoms in total. The van der Waals surface area contributed by atoms with Crippen LogP contribution in [0.1, 0.15) is 10.4 Å². The monoisotopic (exact) mass is 345 g/mol. The Kier molecular flexibility index (Phi) is 3.85. The van der Waals surface area contributed by atoms with E-state index in [-0.39, 0.29) is 17.1 Å². The number of aryl methyl sites for hydroxylation is 1. The van der Waals surface area contributed by atoms with Crippen molar-refractivity contribution in [2.24, 2.45) is 7.05 Å². The van der Waals surface area contributed by atoms with Gasteiger partial charge in [0.2, 0.25) is 0 Å². The number of fused-ring (bicyclic) bond motifs is 1. The number of amides is 1. The van der Waals surface area contributed by atoms with E-state index in [1.807, 2.05) is 42.5 Å². The van der Waals surface area contributed by atoms with Gasteiger partial charge in [0.05, 0.1) is 17.3 Å². The molecule has 4 rings (SSSR count). The molecule has 0 aliphatic carbocycles. The van der Waals surface area contributed by atoms with Gasteiger partial charge in [0.25, 0.3) is 11.5 Å². The van der Waals surface area contributed by atoms with Crippen molar-refractivity contribution in [3.63, 3.8) is 0 Å². The zero-order valence-corrected chi connectivity index (χ0v) is 14.0. The van der Waals surface area contributed by atoms with Gasteiger partial charge in [-0.05, 0) is 6.07 Å². The van der Waals surface area contributed by atoms with Crippen molar-refractivity contribution < 1.29 is 9.21 Å². The van der Waals surface area contributed by atoms with E-state index in [0.717, 1.165) is 5.56 Å². The summed E-state index contributed by atoms with van der Waals surface area (Å²) in [5, 5.41) is 3.30. The second-order valence-electron chi connectivity index (χ2n) is 5.82. The van der Waals surface area contributed by atoms with Crippen molar-refractivity contribution in [3.8, 4) is 11.3 Å². The van der Waals surface area contributed by atoms with Crippen LogP contribution in [0.5, 0.6) is 0 Å². The summed E-state index contributed by atoms with van der Waals surface area (Å²) in [7, 11) is 1.67. The normalized spacial score (nSPS) is 10.8. The number of rotatable bonds is 3. The summed E-state index contributed by atoms with van der Waals surface area (Å²) in [6.45, 7) is 0. The van der Waals surface area contributed by atoms with E-state index in [1.54, 1.807) is 25.4 Å². The van der Waals surface area contributed by atoms with Crippen molar-refractivity contribution in [3.05, 3.63) is 82.8 Å². The number of aromatic nitrogens is 2. The third kappa shape index (κ3) is 2.77. The Hall–Kier alpha value is -3.67. The van der Waals surface area contributed by atoms with E-state index in [2.05, 4.69) is 10.3 Å². The van der Waals surface area contributed by atoms with E-state index in [4.69, 9.17) is 4.42 Å². The molecule has 26 heavy (non-hydrogen) atoms. The van der Waals surface area contributed by atoms with E-state index in [0.29, 0.717) is 16.7 Å². The number of hydrogen-bond donors (Lipinski definition) is 1. The molecule has 0 atom stereocenters. The number of oxazole rings is 1. The second kappa shape index (κ2) is 6.33. The summed E-state index contributed by atoms with van der Waals surface area (Å²) < 4.78 is 7.11. The predicted molar refractivity (Wildman–Crippen MR) is 99.1 cm³/mol. The Morgan fingerprint density at radius 1 is 1.08 bits per heavy atom. The summed E-state index contributed by atoms with van der Waals surface area (Å²) in [6.07, 6.45) is 1.55. The zero-order chi connectivity index (χ0) is 18.1. The van der Waals surface area contributed by atoms with Gasteiger partial charge >= 0.3 is 6.01 Å². The number of carbonyl (C=O) groups is 1. The number of hydrogen-bond acceptors (Lipinski definition) is 4. The molecule has 128 valence electrons. The highest BCUT2D eigenvalue weighted by Crippen LogP contribution is 2.23. The Morgan fingerprint density at radius 2 is 1.81 bits per heavy atom. The molecule has 1 N–H and O–H groups in total. The summed E-state index contributed by atoms with van der Waals surface area (Å²) in [5.74, 6) is 0.107. The van der Waals surface area contributed by atoms with E-state index in [1.165, 1.54) is 10.6 Å². The fraction of sp³-hybridized carbons (Fsp3) is 0.0500. The maximum Gasteiger partial charge on any atom is 0.302 e. The van der Waals surface area contributed by atoms with Crippen LogP contribution in [0.4, 0.5) is 6.01 Å². The lowest BCUT2D eigenvalue weighted by atomic mass is 10.1. The van der Waals surface area contributed by atoms with E-state index < -0.39 is 5.91 Å². The van der Waals surface area contributed by atoms with Gasteiger partial charge in [0.1, 0.15) is 0 Å². The fourth-order valence-corrected chi connectivity index (χ4v) is 2.83. The SMILES string of the molecule is Cn1c(=O)cc(C(=O)Nc2ncc(-c3ccccc3)o2)c2ccccc21. The highest BCUT2D eigenvalue weighted by molar-refractivity contribution is 6.11. The standard InChI is InChI=1S/C20H15N3O3/c1-23-16-10-6-5-9-14(16)15(11-18(23)24)19(25)22-20-21-12-17(26-20)13-7-3-2-4-8-13/h2-12H,1H3,(H,21,22,25). The molecule has 6 heteroatoms. The molecule has 4 aromatic rings. The average molecular weight is 345 g/mol. The first-order chi connectivity index (χ1) is 12.6. The van der Waals surface area contributed by atoms with Gasteiger partial charge in [0, 0.05) is 24.1 Å². The molecular formula is C20H15N3O3. The van der Waals surface area contributed by atoms with Crippen molar-refractivity contribution in [2.45, 2.75) is 0 Å². The summed E-state index contributed by atoms with van der Waals surface area (Å²) in [4.78, 5) is 28.9. The number of pyridine rings is 1. The largest absolute Gasteiger partial charge is 0.423 e. The molecule has 0 saturated heterocycles. The van der Waals surface area contributed by atoms with Gasteiger partial charge in [-0.1, -0.05) is 48.5 Å². The molecule has 0 radical (unpaired) electrons. The van der Waals surface area contributed by atoms with Gasteiger partial charge in [-0.25, -0.2) is 4.98 Å². The highest BCUT2D eigenvalue weighted by Gasteiger charge is 2.16. The minimum absolute atomic E-state index is 0.0820. The Labute approximate surface area is 148 Å². The maximum absolute atomic E-state index is 12.7. The first kappa shape index (κ1) is 15.8. The van der Waals surface area contributed by atoms with Gasteiger partial charge in [0.15, 0.2) is 5.76 Å². The minimum Gasteiger partial charge on any atom is -0.423 e. The number of benzene rings is 2. The van der Waals surface area contributed by atoms with Crippen LogP contribution >= 0.6 is 0 Å². The summed E-state index contributed by atoms with van der Waals surface area (Å²) in [6, 6.07) is 18.1. The third-order valence-corrected chi connectivity index (χ3v) is 4.18. The molecule has 0 bridgehead atoms. The number of anilines is 1. The molecule has 0 aliphatic rings. The molecule has 1 amide bonds. The minimum atomic E-state index is -0.444. The van der Waals surface area contributed by atoms with Crippen LogP contribution < -0.4 is 10.9 Å². The molecular weight excluding hydrogens is 330 g/mol. The third-order valence-electron chi connectivity index (χ3n) is 4.18. The Morgan fingerprint density at radius 3 is 2.62 bits per heavy atom.